The fourth-order valence-electron chi connectivity index (χ4n) is 3.02. The summed E-state index contributed by atoms with van der Waals surface area (Å²) >= 11 is 0. The molecular weight excluding hydrogens is 481 g/mol. The number of hydrogen-bond donors (Lipinski definition) is 2. The molecule has 0 radical (unpaired) electrons. The van der Waals surface area contributed by atoms with E-state index in [-0.39, 0.29) is 33.1 Å². The largest absolute Gasteiger partial charge is 0.449 e. The first-order valence-electron chi connectivity index (χ1n) is 10.1. The van der Waals surface area contributed by atoms with E-state index in [1.54, 1.807) is 0 Å². The van der Waals surface area contributed by atoms with Gasteiger partial charge in [-0.05, 0) is 67.9 Å². The highest BCUT2D eigenvalue weighted by atomic mass is 32.2. The van der Waals surface area contributed by atoms with Gasteiger partial charge in [0.1, 0.15) is 5.82 Å². The molecule has 3 aromatic rings. The molecule has 0 aromatic heterocycles. The van der Waals surface area contributed by atoms with E-state index in [0.29, 0.717) is 0 Å². The summed E-state index contributed by atoms with van der Waals surface area (Å²) < 4.78 is 45.9. The molecule has 10 nitrogen and oxygen atoms in total. The van der Waals surface area contributed by atoms with Crippen LogP contribution < -0.4 is 10.0 Å². The molecular formula is C23H20FN3O7S. The van der Waals surface area contributed by atoms with Crippen LogP contribution in [0.25, 0.3) is 0 Å². The number of nitro benzene ring substituents is 1. The highest BCUT2D eigenvalue weighted by molar-refractivity contribution is 7.92. The van der Waals surface area contributed by atoms with Crippen LogP contribution in [-0.2, 0) is 19.6 Å². The standard InChI is InChI=1S/C23H20FN3O7S/c1-14-12-17(24)8-11-21(14)35(32,33)26-18-9-6-16(7-10-18)23(29)34-15(2)22(28)25-19-4-3-5-20(13-19)27(30)31/h3-13,15,26H,1-2H3,(H,25,28)/t15-/m0/s1. The highest BCUT2D eigenvalue weighted by Crippen LogP contribution is 2.21. The zero-order valence-corrected chi connectivity index (χ0v) is 19.3. The molecule has 0 aliphatic carbocycles. The number of carbonyl (C=O) groups excluding carboxylic acids is 2. The molecule has 0 unspecified atom stereocenters. The van der Waals surface area contributed by atoms with Crippen LogP contribution >= 0.6 is 0 Å². The van der Waals surface area contributed by atoms with Crippen LogP contribution in [0.2, 0.25) is 0 Å². The van der Waals surface area contributed by atoms with Crippen LogP contribution in [0.4, 0.5) is 21.5 Å². The number of hydrogen-bond acceptors (Lipinski definition) is 7. The third-order valence-electron chi connectivity index (χ3n) is 4.78. The van der Waals surface area contributed by atoms with E-state index in [1.165, 1.54) is 62.4 Å². The Balaban J connectivity index is 1.62. The molecule has 12 heteroatoms. The average Bonchev–Trinajstić information content (AvgIpc) is 2.79. The van der Waals surface area contributed by atoms with E-state index in [0.717, 1.165) is 18.2 Å². The molecule has 0 aliphatic heterocycles. The van der Waals surface area contributed by atoms with Crippen LogP contribution in [0.1, 0.15) is 22.8 Å². The molecule has 0 spiro atoms. The third-order valence-corrected chi connectivity index (χ3v) is 6.32. The minimum absolute atomic E-state index is 0.0564. The van der Waals surface area contributed by atoms with Gasteiger partial charge in [0.05, 0.1) is 15.4 Å². The van der Waals surface area contributed by atoms with Crippen LogP contribution in [-0.4, -0.2) is 31.3 Å². The van der Waals surface area contributed by atoms with Gasteiger partial charge in [0.15, 0.2) is 6.10 Å². The van der Waals surface area contributed by atoms with Crippen molar-refractivity contribution in [3.8, 4) is 0 Å². The summed E-state index contributed by atoms with van der Waals surface area (Å²) in [6.45, 7) is 2.80. The van der Waals surface area contributed by atoms with E-state index >= 15 is 0 Å². The van der Waals surface area contributed by atoms with Crippen molar-refractivity contribution in [2.45, 2.75) is 24.8 Å². The molecule has 0 saturated heterocycles. The fraction of sp³-hybridized carbons (Fsp3) is 0.130. The van der Waals surface area contributed by atoms with Gasteiger partial charge in [-0.1, -0.05) is 6.07 Å². The van der Waals surface area contributed by atoms with Gasteiger partial charge >= 0.3 is 5.97 Å². The number of nitrogens with one attached hydrogen (secondary N) is 2. The maximum atomic E-state index is 13.3. The maximum Gasteiger partial charge on any atom is 0.338 e. The molecule has 3 aromatic carbocycles. The van der Waals surface area contributed by atoms with Gasteiger partial charge in [-0.2, -0.15) is 0 Å². The second kappa shape index (κ2) is 10.3. The quantitative estimate of drug-likeness (QED) is 0.269. The molecule has 182 valence electrons. The topological polar surface area (TPSA) is 145 Å². The van der Waals surface area contributed by atoms with Crippen molar-refractivity contribution >= 4 is 39.0 Å². The number of halogens is 1. The van der Waals surface area contributed by atoms with E-state index < -0.39 is 38.7 Å². The van der Waals surface area contributed by atoms with Gasteiger partial charge in [0, 0.05) is 23.5 Å². The number of benzene rings is 3. The van der Waals surface area contributed by atoms with Crippen molar-refractivity contribution in [3.05, 3.63) is 93.8 Å². The molecule has 2 N–H and O–H groups in total. The summed E-state index contributed by atoms with van der Waals surface area (Å²) in [5, 5.41) is 13.3. The number of sulfonamides is 1. The molecule has 0 saturated carbocycles. The number of non-ortho nitro benzene ring substituents is 1. The van der Waals surface area contributed by atoms with Crippen LogP contribution in [0.3, 0.4) is 0 Å². The van der Waals surface area contributed by atoms with Crippen molar-refractivity contribution in [2.75, 3.05) is 10.0 Å². The SMILES string of the molecule is Cc1cc(F)ccc1S(=O)(=O)Nc1ccc(C(=O)O[C@@H](C)C(=O)Nc2cccc([N+](=O)[O-])c2)cc1. The Morgan fingerprint density at radius 1 is 1.03 bits per heavy atom. The monoisotopic (exact) mass is 501 g/mol. The van der Waals surface area contributed by atoms with Crippen LogP contribution in [0, 0.1) is 22.9 Å². The van der Waals surface area contributed by atoms with Gasteiger partial charge in [0.2, 0.25) is 0 Å². The van der Waals surface area contributed by atoms with Crippen molar-refractivity contribution < 1.29 is 32.1 Å². The van der Waals surface area contributed by atoms with Gasteiger partial charge < -0.3 is 10.1 Å². The van der Waals surface area contributed by atoms with E-state index in [2.05, 4.69) is 10.0 Å². The van der Waals surface area contributed by atoms with Gasteiger partial charge in [-0.25, -0.2) is 17.6 Å². The summed E-state index contributed by atoms with van der Waals surface area (Å²) in [7, 11) is -3.99. The number of aryl methyl sites for hydroxylation is 1. The van der Waals surface area contributed by atoms with Gasteiger partial charge in [-0.15, -0.1) is 0 Å². The summed E-state index contributed by atoms with van der Waals surface area (Å²) in [5.74, 6) is -2.09. The Bertz CT molecular complexity index is 1390. The third kappa shape index (κ3) is 6.38. The molecule has 3 rings (SSSR count). The number of ether oxygens (including phenoxy) is 1. The highest BCUT2D eigenvalue weighted by Gasteiger charge is 2.21. The Labute approximate surface area is 199 Å². The predicted molar refractivity (Wildman–Crippen MR) is 125 cm³/mol. The van der Waals surface area contributed by atoms with E-state index in [4.69, 9.17) is 4.74 Å². The first kappa shape index (κ1) is 25.3. The lowest BCUT2D eigenvalue weighted by Gasteiger charge is -2.14. The van der Waals surface area contributed by atoms with Crippen molar-refractivity contribution in [1.82, 2.24) is 0 Å². The normalized spacial score (nSPS) is 11.9. The summed E-state index contributed by atoms with van der Waals surface area (Å²) in [6, 6.07) is 13.9. The second-order valence-electron chi connectivity index (χ2n) is 7.44. The maximum absolute atomic E-state index is 13.3. The van der Waals surface area contributed by atoms with Crippen molar-refractivity contribution in [2.24, 2.45) is 0 Å². The zero-order valence-electron chi connectivity index (χ0n) is 18.5. The lowest BCUT2D eigenvalue weighted by molar-refractivity contribution is -0.384. The Morgan fingerprint density at radius 2 is 1.71 bits per heavy atom. The average molecular weight is 501 g/mol. The summed E-state index contributed by atoms with van der Waals surface area (Å²) in [5.41, 5.74) is 0.399. The zero-order chi connectivity index (χ0) is 25.8. The number of carbonyl (C=O) groups is 2. The molecule has 0 bridgehead atoms. The lowest BCUT2D eigenvalue weighted by atomic mass is 10.2. The molecule has 0 aliphatic rings. The first-order valence-corrected chi connectivity index (χ1v) is 11.6. The van der Waals surface area contributed by atoms with Gasteiger partial charge in [-0.3, -0.25) is 19.6 Å². The Kier molecular flexibility index (Phi) is 7.45. The minimum atomic E-state index is -3.99. The molecule has 1 amide bonds. The molecule has 0 heterocycles. The Morgan fingerprint density at radius 3 is 2.34 bits per heavy atom. The number of nitro groups is 1. The smallest absolute Gasteiger partial charge is 0.338 e. The molecule has 0 fully saturated rings. The summed E-state index contributed by atoms with van der Waals surface area (Å²) in [6.07, 6.45) is -1.22. The van der Waals surface area contributed by atoms with Crippen molar-refractivity contribution in [3.63, 3.8) is 0 Å². The molecule has 1 atom stereocenters. The van der Waals surface area contributed by atoms with Crippen LogP contribution in [0.15, 0.2) is 71.6 Å². The van der Waals surface area contributed by atoms with Crippen LogP contribution in [0.5, 0.6) is 0 Å². The fourth-order valence-corrected chi connectivity index (χ4v) is 4.31. The van der Waals surface area contributed by atoms with Crippen molar-refractivity contribution in [1.29, 1.82) is 0 Å². The van der Waals surface area contributed by atoms with Gasteiger partial charge in [0.25, 0.3) is 21.6 Å². The molecule has 35 heavy (non-hydrogen) atoms. The number of anilines is 2. The Hall–Kier alpha value is -4.32. The summed E-state index contributed by atoms with van der Waals surface area (Å²) in [4.78, 5) is 34.8. The van der Waals surface area contributed by atoms with E-state index in [1.807, 2.05) is 0 Å². The number of esters is 1. The predicted octanol–water partition coefficient (Wildman–Crippen LogP) is 4.03. The lowest BCUT2D eigenvalue weighted by Crippen LogP contribution is -2.30. The number of rotatable bonds is 8. The van der Waals surface area contributed by atoms with E-state index in [9.17, 15) is 32.5 Å². The number of nitrogens with zero attached hydrogens (tertiary/aromatic N) is 1. The first-order chi connectivity index (χ1) is 16.5. The second-order valence-corrected chi connectivity index (χ2v) is 9.09. The number of amides is 1. The minimum Gasteiger partial charge on any atom is -0.449 e.